The highest BCUT2D eigenvalue weighted by molar-refractivity contribution is 9.10. The summed E-state index contributed by atoms with van der Waals surface area (Å²) >= 11 is 3.38. The number of rotatable bonds is 7. The van der Waals surface area contributed by atoms with Crippen LogP contribution in [0.1, 0.15) is 15.9 Å². The summed E-state index contributed by atoms with van der Waals surface area (Å²) in [5.41, 5.74) is 1.77. The van der Waals surface area contributed by atoms with E-state index in [9.17, 15) is 9.59 Å². The predicted molar refractivity (Wildman–Crippen MR) is 124 cm³/mol. The maximum Gasteiger partial charge on any atom is 0.272 e. The van der Waals surface area contributed by atoms with Crippen molar-refractivity contribution in [3.8, 4) is 11.5 Å². The van der Waals surface area contributed by atoms with Crippen LogP contribution in [0.15, 0.2) is 83.0 Å². The standard InChI is InChI=1S/C24H21BrN2O4/c1-30-21-12-11-16(14-22(21)31-2)13-20(27-23(28)17-7-4-3-5-8-17)24(29)26-19-10-6-9-18(25)15-19/h3-15H,1-2H3,(H,26,29)(H,27,28)/b20-13-. The third-order valence-corrected chi connectivity index (χ3v) is 4.82. The minimum Gasteiger partial charge on any atom is -0.493 e. The van der Waals surface area contributed by atoms with Crippen molar-refractivity contribution in [2.24, 2.45) is 0 Å². The molecule has 6 nitrogen and oxygen atoms in total. The summed E-state index contributed by atoms with van der Waals surface area (Å²) in [6, 6.07) is 21.1. The Morgan fingerprint density at radius 1 is 0.871 bits per heavy atom. The molecule has 0 saturated heterocycles. The average molecular weight is 481 g/mol. The maximum atomic E-state index is 13.0. The number of ether oxygens (including phenoxy) is 2. The number of hydrogen-bond donors (Lipinski definition) is 2. The van der Waals surface area contributed by atoms with Crippen molar-refractivity contribution < 1.29 is 19.1 Å². The fraction of sp³-hybridized carbons (Fsp3) is 0.0833. The second-order valence-electron chi connectivity index (χ2n) is 6.46. The van der Waals surface area contributed by atoms with Crippen LogP contribution < -0.4 is 20.1 Å². The number of benzene rings is 3. The normalized spacial score (nSPS) is 10.9. The molecule has 0 aliphatic carbocycles. The van der Waals surface area contributed by atoms with Crippen molar-refractivity contribution >= 4 is 39.5 Å². The zero-order chi connectivity index (χ0) is 22.2. The lowest BCUT2D eigenvalue weighted by atomic mass is 10.1. The number of halogens is 1. The Hall–Kier alpha value is -3.58. The van der Waals surface area contributed by atoms with Crippen LogP contribution in [0.2, 0.25) is 0 Å². The van der Waals surface area contributed by atoms with Gasteiger partial charge in [0.1, 0.15) is 5.70 Å². The minimum atomic E-state index is -0.461. The van der Waals surface area contributed by atoms with Crippen LogP contribution >= 0.6 is 15.9 Å². The molecule has 7 heteroatoms. The van der Waals surface area contributed by atoms with E-state index in [2.05, 4.69) is 26.6 Å². The molecular formula is C24H21BrN2O4. The second kappa shape index (κ2) is 10.4. The summed E-state index contributed by atoms with van der Waals surface area (Å²) in [7, 11) is 3.08. The molecular weight excluding hydrogens is 460 g/mol. The third kappa shape index (κ3) is 5.96. The number of amides is 2. The zero-order valence-corrected chi connectivity index (χ0v) is 18.6. The molecule has 3 rings (SSSR count). The second-order valence-corrected chi connectivity index (χ2v) is 7.37. The predicted octanol–water partition coefficient (Wildman–Crippen LogP) is 4.88. The van der Waals surface area contributed by atoms with Gasteiger partial charge in [0, 0.05) is 15.7 Å². The van der Waals surface area contributed by atoms with E-state index in [1.54, 1.807) is 73.8 Å². The van der Waals surface area contributed by atoms with Crippen LogP contribution in [0.5, 0.6) is 11.5 Å². The summed E-state index contributed by atoms with van der Waals surface area (Å²) in [6.45, 7) is 0. The van der Waals surface area contributed by atoms with Gasteiger partial charge in [-0.2, -0.15) is 0 Å². The van der Waals surface area contributed by atoms with Gasteiger partial charge >= 0.3 is 0 Å². The van der Waals surface area contributed by atoms with Crippen molar-refractivity contribution in [2.75, 3.05) is 19.5 Å². The number of carbonyl (C=O) groups excluding carboxylic acids is 2. The molecule has 0 radical (unpaired) electrons. The summed E-state index contributed by atoms with van der Waals surface area (Å²) in [5, 5.41) is 5.51. The van der Waals surface area contributed by atoms with E-state index in [1.165, 1.54) is 7.11 Å². The number of anilines is 1. The summed E-state index contributed by atoms with van der Waals surface area (Å²) in [4.78, 5) is 25.7. The van der Waals surface area contributed by atoms with Crippen LogP contribution in [0, 0.1) is 0 Å². The number of hydrogen-bond acceptors (Lipinski definition) is 4. The molecule has 2 N–H and O–H groups in total. The lowest BCUT2D eigenvalue weighted by Gasteiger charge is -2.12. The molecule has 0 bridgehead atoms. The zero-order valence-electron chi connectivity index (χ0n) is 17.0. The first kappa shape index (κ1) is 22.1. The molecule has 2 amide bonds. The Morgan fingerprint density at radius 2 is 1.61 bits per heavy atom. The number of nitrogens with one attached hydrogen (secondary N) is 2. The van der Waals surface area contributed by atoms with E-state index in [1.807, 2.05) is 12.1 Å². The lowest BCUT2D eigenvalue weighted by molar-refractivity contribution is -0.113. The first-order valence-corrected chi connectivity index (χ1v) is 10.2. The van der Waals surface area contributed by atoms with Gasteiger partial charge in [-0.05, 0) is 54.1 Å². The first-order valence-electron chi connectivity index (χ1n) is 9.37. The fourth-order valence-corrected chi connectivity index (χ4v) is 3.22. The number of carbonyl (C=O) groups is 2. The van der Waals surface area contributed by atoms with Gasteiger partial charge < -0.3 is 20.1 Å². The third-order valence-electron chi connectivity index (χ3n) is 4.33. The van der Waals surface area contributed by atoms with Crippen molar-refractivity contribution in [1.82, 2.24) is 5.32 Å². The first-order chi connectivity index (χ1) is 15.0. The molecule has 3 aromatic rings. The molecule has 0 atom stereocenters. The van der Waals surface area contributed by atoms with Crippen LogP contribution in [-0.2, 0) is 4.79 Å². The monoisotopic (exact) mass is 480 g/mol. The topological polar surface area (TPSA) is 76.7 Å². The molecule has 31 heavy (non-hydrogen) atoms. The van der Waals surface area contributed by atoms with Crippen molar-refractivity contribution in [3.05, 3.63) is 94.1 Å². The van der Waals surface area contributed by atoms with Gasteiger partial charge in [-0.1, -0.05) is 46.3 Å². The van der Waals surface area contributed by atoms with Gasteiger partial charge in [-0.3, -0.25) is 9.59 Å². The van der Waals surface area contributed by atoms with E-state index in [0.717, 1.165) is 4.47 Å². The fourth-order valence-electron chi connectivity index (χ4n) is 2.82. The molecule has 0 fully saturated rings. The van der Waals surface area contributed by atoms with Crippen LogP contribution in [-0.4, -0.2) is 26.0 Å². The van der Waals surface area contributed by atoms with Crippen LogP contribution in [0.25, 0.3) is 6.08 Å². The van der Waals surface area contributed by atoms with Crippen molar-refractivity contribution in [1.29, 1.82) is 0 Å². The lowest BCUT2D eigenvalue weighted by Crippen LogP contribution is -2.30. The summed E-state index contributed by atoms with van der Waals surface area (Å²) in [6.07, 6.45) is 1.58. The van der Waals surface area contributed by atoms with Gasteiger partial charge in [0.25, 0.3) is 11.8 Å². The molecule has 0 aliphatic heterocycles. The number of methoxy groups -OCH3 is 2. The molecule has 0 saturated carbocycles. The Bertz CT molecular complexity index is 1110. The highest BCUT2D eigenvalue weighted by atomic mass is 79.9. The highest BCUT2D eigenvalue weighted by Crippen LogP contribution is 2.28. The van der Waals surface area contributed by atoms with E-state index in [4.69, 9.17) is 9.47 Å². The molecule has 3 aromatic carbocycles. The van der Waals surface area contributed by atoms with E-state index in [0.29, 0.717) is 28.3 Å². The Kier molecular flexibility index (Phi) is 7.45. The molecule has 0 unspecified atom stereocenters. The van der Waals surface area contributed by atoms with Gasteiger partial charge in [0.15, 0.2) is 11.5 Å². The molecule has 0 heterocycles. The quantitative estimate of drug-likeness (QED) is 0.472. The Morgan fingerprint density at radius 3 is 2.29 bits per heavy atom. The summed E-state index contributed by atoms with van der Waals surface area (Å²) < 4.78 is 11.4. The SMILES string of the molecule is COc1ccc(/C=C(\NC(=O)c2ccccc2)C(=O)Nc2cccc(Br)c2)cc1OC. The Labute approximate surface area is 189 Å². The average Bonchev–Trinajstić information content (AvgIpc) is 2.79. The maximum absolute atomic E-state index is 13.0. The van der Waals surface area contributed by atoms with E-state index < -0.39 is 11.8 Å². The van der Waals surface area contributed by atoms with E-state index >= 15 is 0 Å². The van der Waals surface area contributed by atoms with Crippen molar-refractivity contribution in [2.45, 2.75) is 0 Å². The highest BCUT2D eigenvalue weighted by Gasteiger charge is 2.16. The van der Waals surface area contributed by atoms with Crippen LogP contribution in [0.4, 0.5) is 5.69 Å². The smallest absolute Gasteiger partial charge is 0.272 e. The van der Waals surface area contributed by atoms with Crippen molar-refractivity contribution in [3.63, 3.8) is 0 Å². The van der Waals surface area contributed by atoms with Crippen LogP contribution in [0.3, 0.4) is 0 Å². The minimum absolute atomic E-state index is 0.0843. The van der Waals surface area contributed by atoms with Gasteiger partial charge in [-0.15, -0.1) is 0 Å². The molecule has 158 valence electrons. The largest absolute Gasteiger partial charge is 0.493 e. The van der Waals surface area contributed by atoms with E-state index in [-0.39, 0.29) is 5.70 Å². The molecule has 0 spiro atoms. The molecule has 0 aromatic heterocycles. The summed E-state index contributed by atoms with van der Waals surface area (Å²) in [5.74, 6) is 0.222. The Balaban J connectivity index is 1.94. The van der Waals surface area contributed by atoms with Gasteiger partial charge in [0.2, 0.25) is 0 Å². The van der Waals surface area contributed by atoms with Gasteiger partial charge in [0.05, 0.1) is 14.2 Å². The molecule has 0 aliphatic rings. The van der Waals surface area contributed by atoms with Gasteiger partial charge in [-0.25, -0.2) is 0 Å².